The van der Waals surface area contributed by atoms with Gasteiger partial charge in [-0.05, 0) is 47.9 Å². The molecule has 5 rings (SSSR count). The Bertz CT molecular complexity index is 1870. The summed E-state index contributed by atoms with van der Waals surface area (Å²) in [6, 6.07) is 11.5. The first kappa shape index (κ1) is 27.5. The smallest absolute Gasteiger partial charge is 0.407 e. The van der Waals surface area contributed by atoms with E-state index < -0.39 is 32.6 Å². The van der Waals surface area contributed by atoms with Gasteiger partial charge in [0.2, 0.25) is 5.88 Å². The first-order chi connectivity index (χ1) is 19.6. The summed E-state index contributed by atoms with van der Waals surface area (Å²) in [5.74, 6) is -2.64. The fraction of sp³-hybridized carbons (Fsp3) is 0.143. The zero-order chi connectivity index (χ0) is 29.3. The van der Waals surface area contributed by atoms with E-state index in [1.807, 2.05) is 0 Å². The van der Waals surface area contributed by atoms with Crippen LogP contribution in [-0.4, -0.2) is 54.7 Å². The molecule has 0 saturated carbocycles. The van der Waals surface area contributed by atoms with Gasteiger partial charge in [0.1, 0.15) is 23.4 Å². The molecule has 13 heteroatoms. The lowest BCUT2D eigenvalue weighted by Gasteiger charge is -2.24. The SMILES string of the molecule is COc1ncc(-c2ccc3ncc(C#N)c(C4=CCN(C(=O)O)CC4)c3c2)cc1NS(=O)(=O)c1c(F)cccc1F. The summed E-state index contributed by atoms with van der Waals surface area (Å²) < 4.78 is 61.7. The number of ether oxygens (including phenoxy) is 1. The Morgan fingerprint density at radius 3 is 2.51 bits per heavy atom. The average molecular weight is 578 g/mol. The van der Waals surface area contributed by atoms with Crippen LogP contribution in [0, 0.1) is 23.0 Å². The van der Waals surface area contributed by atoms with E-state index in [9.17, 15) is 32.4 Å². The van der Waals surface area contributed by atoms with Crippen LogP contribution in [0.4, 0.5) is 19.3 Å². The van der Waals surface area contributed by atoms with Crippen LogP contribution < -0.4 is 9.46 Å². The Morgan fingerprint density at radius 2 is 1.88 bits per heavy atom. The van der Waals surface area contributed by atoms with Crippen LogP contribution in [0.3, 0.4) is 0 Å². The number of nitrogens with zero attached hydrogens (tertiary/aromatic N) is 4. The molecule has 1 aliphatic heterocycles. The number of aromatic nitrogens is 2. The average Bonchev–Trinajstić information content (AvgIpc) is 2.95. The van der Waals surface area contributed by atoms with Gasteiger partial charge >= 0.3 is 6.09 Å². The number of sulfonamides is 1. The number of pyridine rings is 2. The minimum absolute atomic E-state index is 0.126. The summed E-state index contributed by atoms with van der Waals surface area (Å²) in [6.07, 6.45) is 4.04. The molecule has 4 aromatic rings. The topological polar surface area (TPSA) is 146 Å². The number of fused-ring (bicyclic) bond motifs is 1. The van der Waals surface area contributed by atoms with Crippen LogP contribution in [0.5, 0.6) is 5.88 Å². The predicted molar refractivity (Wildman–Crippen MR) is 146 cm³/mol. The largest absolute Gasteiger partial charge is 0.480 e. The van der Waals surface area contributed by atoms with Crippen molar-refractivity contribution in [3.8, 4) is 23.1 Å². The number of hydrogen-bond donors (Lipinski definition) is 2. The second-order valence-corrected chi connectivity index (χ2v) is 10.7. The number of benzene rings is 2. The van der Waals surface area contributed by atoms with Gasteiger partial charge < -0.3 is 14.7 Å². The number of nitrogens with one attached hydrogen (secondary N) is 1. The van der Waals surface area contributed by atoms with Crippen molar-refractivity contribution in [3.63, 3.8) is 0 Å². The lowest BCUT2D eigenvalue weighted by molar-refractivity contribution is 0.150. The van der Waals surface area contributed by atoms with E-state index in [4.69, 9.17) is 4.74 Å². The van der Waals surface area contributed by atoms with Crippen LogP contribution in [0.1, 0.15) is 17.5 Å². The molecule has 0 unspecified atom stereocenters. The van der Waals surface area contributed by atoms with E-state index in [2.05, 4.69) is 20.8 Å². The molecule has 2 N–H and O–H groups in total. The fourth-order valence-electron chi connectivity index (χ4n) is 4.65. The maximum atomic E-state index is 14.3. The molecule has 3 heterocycles. The van der Waals surface area contributed by atoms with Crippen LogP contribution >= 0.6 is 0 Å². The molecule has 2 aromatic carbocycles. The van der Waals surface area contributed by atoms with Crippen LogP contribution in [0.15, 0.2) is 65.8 Å². The number of anilines is 1. The highest BCUT2D eigenvalue weighted by Crippen LogP contribution is 2.36. The number of nitriles is 1. The molecular weight excluding hydrogens is 556 g/mol. The van der Waals surface area contributed by atoms with Crippen molar-refractivity contribution in [1.82, 2.24) is 14.9 Å². The van der Waals surface area contributed by atoms with Gasteiger partial charge in [-0.25, -0.2) is 27.0 Å². The molecule has 10 nitrogen and oxygen atoms in total. The maximum absolute atomic E-state index is 14.3. The number of hydrogen-bond acceptors (Lipinski definition) is 7. The van der Waals surface area contributed by atoms with E-state index >= 15 is 0 Å². The molecule has 0 spiro atoms. The predicted octanol–water partition coefficient (Wildman–Crippen LogP) is 5.02. The van der Waals surface area contributed by atoms with E-state index in [-0.39, 0.29) is 24.7 Å². The second kappa shape index (κ2) is 10.8. The van der Waals surface area contributed by atoms with E-state index in [0.717, 1.165) is 23.8 Å². The minimum Gasteiger partial charge on any atom is -0.480 e. The third-order valence-electron chi connectivity index (χ3n) is 6.60. The standard InChI is InChI=1S/C28H21F2N5O5S/c1-40-27-24(34-41(38,39)26-21(29)3-2-4-22(26)30)12-18(14-33-27)17-5-6-23-20(11-17)25(19(13-31)15-32-23)16-7-9-35(10-8-16)28(36)37/h2-7,11-12,14-15,34H,8-10H2,1H3,(H,36,37). The van der Waals surface area contributed by atoms with Gasteiger partial charge in [0, 0.05) is 42.0 Å². The highest BCUT2D eigenvalue weighted by molar-refractivity contribution is 7.92. The number of methoxy groups -OCH3 is 1. The third-order valence-corrected chi connectivity index (χ3v) is 8.02. The summed E-state index contributed by atoms with van der Waals surface area (Å²) in [6.45, 7) is 0.442. The van der Waals surface area contributed by atoms with Crippen LogP contribution in [0.2, 0.25) is 0 Å². The van der Waals surface area contributed by atoms with Crippen molar-refractivity contribution in [3.05, 3.63) is 83.7 Å². The summed E-state index contributed by atoms with van der Waals surface area (Å²) in [5, 5.41) is 19.7. The minimum atomic E-state index is -4.70. The Kier molecular flexibility index (Phi) is 7.25. The van der Waals surface area contributed by atoms with Crippen molar-refractivity contribution in [1.29, 1.82) is 5.26 Å². The van der Waals surface area contributed by atoms with E-state index in [0.29, 0.717) is 39.6 Å². The lowest BCUT2D eigenvalue weighted by atomic mass is 9.91. The first-order valence-corrected chi connectivity index (χ1v) is 13.6. The van der Waals surface area contributed by atoms with Crippen molar-refractivity contribution in [2.45, 2.75) is 11.3 Å². The number of rotatable bonds is 6. The van der Waals surface area contributed by atoms with Crippen LogP contribution in [0.25, 0.3) is 27.6 Å². The van der Waals surface area contributed by atoms with Gasteiger partial charge in [-0.15, -0.1) is 0 Å². The molecule has 208 valence electrons. The fourth-order valence-corrected chi connectivity index (χ4v) is 5.84. The number of amides is 1. The molecule has 0 radical (unpaired) electrons. The second-order valence-electron chi connectivity index (χ2n) is 9.04. The Labute approximate surface area is 233 Å². The van der Waals surface area contributed by atoms with Crippen molar-refractivity contribution < 1.29 is 31.8 Å². The number of carboxylic acid groups (broad SMARTS) is 1. The van der Waals surface area contributed by atoms with Crippen molar-refractivity contribution in [2.75, 3.05) is 24.9 Å². The first-order valence-electron chi connectivity index (χ1n) is 12.1. The quantitative estimate of drug-likeness (QED) is 0.325. The number of halogens is 2. The van der Waals surface area contributed by atoms with Crippen LogP contribution in [-0.2, 0) is 10.0 Å². The van der Waals surface area contributed by atoms with Gasteiger partial charge in [0.05, 0.1) is 18.2 Å². The highest BCUT2D eigenvalue weighted by atomic mass is 32.2. The summed E-state index contributed by atoms with van der Waals surface area (Å²) >= 11 is 0. The molecule has 1 amide bonds. The van der Waals surface area contributed by atoms with E-state index in [1.54, 1.807) is 24.3 Å². The highest BCUT2D eigenvalue weighted by Gasteiger charge is 2.26. The third kappa shape index (κ3) is 5.24. The normalized spacial score (nSPS) is 13.4. The Morgan fingerprint density at radius 1 is 1.12 bits per heavy atom. The summed E-state index contributed by atoms with van der Waals surface area (Å²) in [5.41, 5.74) is 3.19. The molecule has 0 atom stereocenters. The van der Waals surface area contributed by atoms with Crippen molar-refractivity contribution >= 4 is 38.3 Å². The molecule has 2 aromatic heterocycles. The summed E-state index contributed by atoms with van der Waals surface area (Å²) in [4.78, 5) is 20.0. The molecule has 41 heavy (non-hydrogen) atoms. The summed E-state index contributed by atoms with van der Waals surface area (Å²) in [7, 11) is -3.43. The Hall–Kier alpha value is -5.09. The van der Waals surface area contributed by atoms with E-state index in [1.165, 1.54) is 30.5 Å². The van der Waals surface area contributed by atoms with Crippen molar-refractivity contribution in [2.24, 2.45) is 0 Å². The monoisotopic (exact) mass is 577 g/mol. The molecule has 0 saturated heterocycles. The van der Waals surface area contributed by atoms with Gasteiger partial charge in [-0.2, -0.15) is 5.26 Å². The molecule has 0 bridgehead atoms. The Balaban J connectivity index is 1.60. The maximum Gasteiger partial charge on any atom is 0.407 e. The van der Waals surface area contributed by atoms with Gasteiger partial charge in [0.25, 0.3) is 10.0 Å². The van der Waals surface area contributed by atoms with Gasteiger partial charge in [-0.1, -0.05) is 18.2 Å². The molecular formula is C28H21F2N5O5S. The molecule has 0 aliphatic carbocycles. The zero-order valence-electron chi connectivity index (χ0n) is 21.4. The van der Waals surface area contributed by atoms with Gasteiger partial charge in [-0.3, -0.25) is 9.71 Å². The number of carbonyl (C=O) groups is 1. The lowest BCUT2D eigenvalue weighted by Crippen LogP contribution is -2.33. The zero-order valence-corrected chi connectivity index (χ0v) is 22.2. The van der Waals surface area contributed by atoms with Gasteiger partial charge in [0.15, 0.2) is 4.90 Å². The molecule has 0 fully saturated rings. The molecule has 1 aliphatic rings.